The summed E-state index contributed by atoms with van der Waals surface area (Å²) in [7, 11) is -2.14. The summed E-state index contributed by atoms with van der Waals surface area (Å²) in [6.07, 6.45) is 0. The highest BCUT2D eigenvalue weighted by atomic mass is 79.9. The second-order valence-corrected chi connectivity index (χ2v) is 13.8. The van der Waals surface area contributed by atoms with Crippen molar-refractivity contribution in [3.63, 3.8) is 0 Å². The summed E-state index contributed by atoms with van der Waals surface area (Å²) in [5.41, 5.74) is 8.15. The third-order valence-electron chi connectivity index (χ3n) is 4.81. The average molecular weight is 462 g/mol. The van der Waals surface area contributed by atoms with Gasteiger partial charge >= 0.3 is 0 Å². The van der Waals surface area contributed by atoms with Crippen LogP contribution in [-0.2, 0) is 0 Å². The Kier molecular flexibility index (Phi) is 6.35. The van der Waals surface area contributed by atoms with Gasteiger partial charge in [0.05, 0.1) is 23.0 Å². The maximum absolute atomic E-state index is 9.35. The fourth-order valence-electron chi connectivity index (χ4n) is 2.28. The van der Waals surface area contributed by atoms with Gasteiger partial charge in [0, 0.05) is 4.47 Å². The van der Waals surface area contributed by atoms with Crippen LogP contribution in [0.5, 0.6) is 5.75 Å². The molecule has 0 aliphatic rings. The van der Waals surface area contributed by atoms with Gasteiger partial charge < -0.3 is 10.2 Å². The molecule has 0 unspecified atom stereocenters. The summed E-state index contributed by atoms with van der Waals surface area (Å²) in [5.74, 6) is 0.615. The third kappa shape index (κ3) is 4.70. The zero-order chi connectivity index (χ0) is 20.4. The molecule has 0 aliphatic heterocycles. The van der Waals surface area contributed by atoms with Gasteiger partial charge in [0.25, 0.3) is 8.32 Å². The van der Waals surface area contributed by atoms with E-state index in [0.29, 0.717) is 11.3 Å². The second kappa shape index (κ2) is 8.01. The summed E-state index contributed by atoms with van der Waals surface area (Å²) < 4.78 is 7.41. The Bertz CT molecular complexity index is 903. The molecule has 0 saturated heterocycles. The number of para-hydroxylation sites is 1. The number of rotatable bonds is 4. The highest BCUT2D eigenvalue weighted by molar-refractivity contribution is 9.10. The smallest absolute Gasteiger partial charge is 0.250 e. The molecule has 27 heavy (non-hydrogen) atoms. The number of nitrogens with two attached hydrogens (primary N) is 1. The van der Waals surface area contributed by atoms with Crippen molar-refractivity contribution in [2.45, 2.75) is 38.9 Å². The van der Waals surface area contributed by atoms with E-state index in [1.54, 1.807) is 17.0 Å². The van der Waals surface area contributed by atoms with Gasteiger partial charge in [-0.3, -0.25) is 4.90 Å². The fraction of sp³-hybridized carbons (Fsp3) is 0.300. The van der Waals surface area contributed by atoms with Crippen molar-refractivity contribution in [2.24, 2.45) is 5.73 Å². The lowest BCUT2D eigenvalue weighted by atomic mass is 10.1. The van der Waals surface area contributed by atoms with E-state index in [2.05, 4.69) is 55.9 Å². The first-order valence-electron chi connectivity index (χ1n) is 8.55. The predicted octanol–water partition coefficient (Wildman–Crippen LogP) is 6.09. The second-order valence-electron chi connectivity index (χ2n) is 7.78. The van der Waals surface area contributed by atoms with E-state index in [1.165, 1.54) is 0 Å². The first-order chi connectivity index (χ1) is 12.5. The Labute approximate surface area is 176 Å². The highest BCUT2D eigenvalue weighted by Gasteiger charge is 2.40. The van der Waals surface area contributed by atoms with Crippen LogP contribution in [0.4, 0.5) is 11.4 Å². The summed E-state index contributed by atoms with van der Waals surface area (Å²) >= 11 is 8.92. The molecule has 0 amide bonds. The van der Waals surface area contributed by atoms with Crippen LogP contribution in [0.15, 0.2) is 46.9 Å². The van der Waals surface area contributed by atoms with Gasteiger partial charge in [-0.15, -0.1) is 0 Å². The predicted molar refractivity (Wildman–Crippen MR) is 122 cm³/mol. The van der Waals surface area contributed by atoms with Gasteiger partial charge in [-0.1, -0.05) is 32.9 Å². The van der Waals surface area contributed by atoms with Crippen molar-refractivity contribution in [1.82, 2.24) is 0 Å². The molecule has 0 spiro atoms. The standard InChI is InChI=1S/C20H24BrN3OSSi/c1-20(2,3)27(4,5)25-18-12-14(13-22)10-11-17(18)24(19(23)26)16-9-7-6-8-15(16)21/h6-12H,1-5H3,(H2,23,26). The summed E-state index contributed by atoms with van der Waals surface area (Å²) in [6.45, 7) is 10.9. The quantitative estimate of drug-likeness (QED) is 0.440. The normalized spacial score (nSPS) is 11.6. The van der Waals surface area contributed by atoms with Crippen LogP contribution >= 0.6 is 28.1 Å². The van der Waals surface area contributed by atoms with Crippen molar-refractivity contribution in [3.8, 4) is 11.8 Å². The van der Waals surface area contributed by atoms with Crippen LogP contribution < -0.4 is 15.1 Å². The molecule has 0 aliphatic carbocycles. The molecule has 0 heterocycles. The van der Waals surface area contributed by atoms with Gasteiger partial charge in [0.15, 0.2) is 5.11 Å². The number of benzene rings is 2. The first kappa shape index (κ1) is 21.4. The van der Waals surface area contributed by atoms with Crippen LogP contribution in [0.3, 0.4) is 0 Å². The molecule has 0 aromatic heterocycles. The van der Waals surface area contributed by atoms with Crippen molar-refractivity contribution < 1.29 is 4.43 Å². The zero-order valence-corrected chi connectivity index (χ0v) is 19.6. The van der Waals surface area contributed by atoms with Crippen LogP contribution in [0.1, 0.15) is 26.3 Å². The minimum absolute atomic E-state index is 0.00824. The number of nitriles is 1. The number of nitrogens with zero attached hydrogens (tertiary/aromatic N) is 2. The Hall–Kier alpha value is -1.88. The Morgan fingerprint density at radius 3 is 2.33 bits per heavy atom. The van der Waals surface area contributed by atoms with Gasteiger partial charge in [0.1, 0.15) is 5.75 Å². The van der Waals surface area contributed by atoms with Crippen molar-refractivity contribution in [1.29, 1.82) is 5.26 Å². The number of hydrogen-bond acceptors (Lipinski definition) is 3. The molecule has 2 rings (SSSR count). The SMILES string of the molecule is CC(C)(C)[Si](C)(C)Oc1cc(C#N)ccc1N(C(N)=S)c1ccccc1Br. The molecule has 0 bridgehead atoms. The number of anilines is 2. The molecule has 142 valence electrons. The van der Waals surface area contributed by atoms with Crippen LogP contribution in [-0.4, -0.2) is 13.4 Å². The van der Waals surface area contributed by atoms with Crippen LogP contribution in [0, 0.1) is 11.3 Å². The largest absolute Gasteiger partial charge is 0.542 e. The van der Waals surface area contributed by atoms with Crippen LogP contribution in [0.2, 0.25) is 18.1 Å². The van der Waals surface area contributed by atoms with E-state index < -0.39 is 8.32 Å². The Morgan fingerprint density at radius 2 is 1.81 bits per heavy atom. The molecule has 0 saturated carbocycles. The molecule has 2 aromatic rings. The molecule has 4 nitrogen and oxygen atoms in total. The molecule has 0 atom stereocenters. The number of halogens is 1. The fourth-order valence-corrected chi connectivity index (χ4v) is 3.96. The molecule has 0 fully saturated rings. The lowest BCUT2D eigenvalue weighted by molar-refractivity contribution is 0.493. The third-order valence-corrected chi connectivity index (χ3v) is 10.0. The van der Waals surface area contributed by atoms with Gasteiger partial charge in [-0.25, -0.2) is 0 Å². The molecular formula is C20H24BrN3OSSi. The summed E-state index contributed by atoms with van der Waals surface area (Å²) in [6, 6.07) is 15.2. The molecule has 7 heteroatoms. The van der Waals surface area contributed by atoms with Crippen molar-refractivity contribution in [3.05, 3.63) is 52.5 Å². The lowest BCUT2D eigenvalue weighted by Gasteiger charge is -2.38. The highest BCUT2D eigenvalue weighted by Crippen LogP contribution is 2.43. The topological polar surface area (TPSA) is 62.3 Å². The van der Waals surface area contributed by atoms with Crippen molar-refractivity contribution >= 4 is 53.0 Å². The number of hydrogen-bond donors (Lipinski definition) is 1. The monoisotopic (exact) mass is 461 g/mol. The first-order valence-corrected chi connectivity index (χ1v) is 12.7. The van der Waals surface area contributed by atoms with E-state index in [-0.39, 0.29) is 10.2 Å². The Morgan fingerprint density at radius 1 is 1.19 bits per heavy atom. The van der Waals surface area contributed by atoms with E-state index in [0.717, 1.165) is 15.8 Å². The lowest BCUT2D eigenvalue weighted by Crippen LogP contribution is -2.44. The van der Waals surface area contributed by atoms with Gasteiger partial charge in [-0.05, 0) is 76.6 Å². The van der Waals surface area contributed by atoms with E-state index in [4.69, 9.17) is 22.4 Å². The van der Waals surface area contributed by atoms with E-state index >= 15 is 0 Å². The zero-order valence-electron chi connectivity index (χ0n) is 16.2. The van der Waals surface area contributed by atoms with Gasteiger partial charge in [0.2, 0.25) is 0 Å². The van der Waals surface area contributed by atoms with Crippen LogP contribution in [0.25, 0.3) is 0 Å². The molecule has 2 N–H and O–H groups in total. The van der Waals surface area contributed by atoms with Crippen molar-refractivity contribution in [2.75, 3.05) is 4.90 Å². The van der Waals surface area contributed by atoms with E-state index in [1.807, 2.05) is 30.3 Å². The minimum atomic E-state index is -2.14. The maximum Gasteiger partial charge on any atom is 0.250 e. The number of thiocarbonyl (C=S) groups is 1. The van der Waals surface area contributed by atoms with Gasteiger partial charge in [-0.2, -0.15) is 5.26 Å². The summed E-state index contributed by atoms with van der Waals surface area (Å²) in [5, 5.41) is 9.56. The van der Waals surface area contributed by atoms with E-state index in [9.17, 15) is 5.26 Å². The molecule has 2 aromatic carbocycles. The maximum atomic E-state index is 9.35. The average Bonchev–Trinajstić information content (AvgIpc) is 2.56. The minimum Gasteiger partial charge on any atom is -0.542 e. The molecular weight excluding hydrogens is 438 g/mol. The Balaban J connectivity index is 2.66. The molecule has 0 radical (unpaired) electrons. The summed E-state index contributed by atoms with van der Waals surface area (Å²) in [4.78, 5) is 1.77.